The Kier molecular flexibility index (Phi) is 5.54. The van der Waals surface area contributed by atoms with Crippen LogP contribution in [0.2, 0.25) is 0 Å². The van der Waals surface area contributed by atoms with Gasteiger partial charge < -0.3 is 10.0 Å². The molecule has 62 valence electrons. The first-order chi connectivity index (χ1) is 4.66. The Labute approximate surface area is 61.6 Å². The number of likely N-dealkylation sites (N-methyl/N-ethyl adjacent to an activating group) is 1. The van der Waals surface area contributed by atoms with Crippen LogP contribution in [0.25, 0.3) is 0 Å². The van der Waals surface area contributed by atoms with Crippen molar-refractivity contribution in [3.8, 4) is 0 Å². The molecule has 1 N–H and O–H groups in total. The summed E-state index contributed by atoms with van der Waals surface area (Å²) in [4.78, 5) is 1.92. The minimum absolute atomic E-state index is 0.274. The lowest BCUT2D eigenvalue weighted by atomic mass is 10.3. The first-order valence-electron chi connectivity index (χ1n) is 3.59. The molecule has 0 aliphatic heterocycles. The van der Waals surface area contributed by atoms with E-state index in [4.69, 9.17) is 5.11 Å². The largest absolute Gasteiger partial charge is 0.392 e. The molecule has 0 amide bonds. The van der Waals surface area contributed by atoms with Crippen molar-refractivity contribution in [3.63, 3.8) is 0 Å². The van der Waals surface area contributed by atoms with Crippen LogP contribution in [0, 0.1) is 0 Å². The van der Waals surface area contributed by atoms with Gasteiger partial charge in [-0.1, -0.05) is 0 Å². The normalized spacial score (nSPS) is 14.1. The SMILES string of the molecule is CC(O)CN(C)CCCF. The van der Waals surface area contributed by atoms with Gasteiger partial charge in [-0.25, -0.2) is 0 Å². The molecule has 0 heterocycles. The molecule has 0 radical (unpaired) electrons. The zero-order valence-corrected chi connectivity index (χ0v) is 6.68. The highest BCUT2D eigenvalue weighted by atomic mass is 19.1. The summed E-state index contributed by atoms with van der Waals surface area (Å²) in [5, 5.41) is 8.89. The van der Waals surface area contributed by atoms with Crippen molar-refractivity contribution >= 4 is 0 Å². The van der Waals surface area contributed by atoms with E-state index >= 15 is 0 Å². The molecule has 0 aliphatic rings. The molecular weight excluding hydrogens is 133 g/mol. The third-order valence-corrected chi connectivity index (χ3v) is 1.25. The number of rotatable bonds is 5. The van der Waals surface area contributed by atoms with Crippen molar-refractivity contribution in [3.05, 3.63) is 0 Å². The Morgan fingerprint density at radius 2 is 2.20 bits per heavy atom. The molecule has 1 unspecified atom stereocenters. The van der Waals surface area contributed by atoms with Crippen LogP contribution < -0.4 is 0 Å². The van der Waals surface area contributed by atoms with Crippen LogP contribution in [0.4, 0.5) is 4.39 Å². The Hall–Kier alpha value is -0.150. The maximum Gasteiger partial charge on any atom is 0.0906 e. The minimum atomic E-state index is -0.315. The maximum atomic E-state index is 11.6. The van der Waals surface area contributed by atoms with Crippen LogP contribution in [0.3, 0.4) is 0 Å². The fourth-order valence-corrected chi connectivity index (χ4v) is 0.872. The third kappa shape index (κ3) is 5.98. The van der Waals surface area contributed by atoms with E-state index in [1.807, 2.05) is 11.9 Å². The molecular formula is C7H16FNO. The smallest absolute Gasteiger partial charge is 0.0906 e. The minimum Gasteiger partial charge on any atom is -0.392 e. The lowest BCUT2D eigenvalue weighted by Gasteiger charge is -2.16. The number of alkyl halides is 1. The Bertz CT molecular complexity index is 78.0. The van der Waals surface area contributed by atoms with Crippen molar-refractivity contribution in [2.24, 2.45) is 0 Å². The maximum absolute atomic E-state index is 11.6. The molecule has 3 heteroatoms. The van der Waals surface area contributed by atoms with E-state index in [1.54, 1.807) is 6.92 Å². The fourth-order valence-electron chi connectivity index (χ4n) is 0.872. The van der Waals surface area contributed by atoms with E-state index in [-0.39, 0.29) is 12.8 Å². The molecule has 10 heavy (non-hydrogen) atoms. The molecule has 0 rings (SSSR count). The molecule has 2 nitrogen and oxygen atoms in total. The van der Waals surface area contributed by atoms with Gasteiger partial charge in [0, 0.05) is 13.1 Å². The van der Waals surface area contributed by atoms with Crippen molar-refractivity contribution in [2.45, 2.75) is 19.4 Å². The molecule has 0 fully saturated rings. The van der Waals surface area contributed by atoms with Gasteiger partial charge in [0.2, 0.25) is 0 Å². The van der Waals surface area contributed by atoms with E-state index in [1.165, 1.54) is 0 Å². The van der Waals surface area contributed by atoms with Crippen LogP contribution >= 0.6 is 0 Å². The molecule has 0 aliphatic carbocycles. The first kappa shape index (κ1) is 9.85. The summed E-state index contributed by atoms with van der Waals surface area (Å²) in [6.07, 6.45) is 0.244. The molecule has 0 aromatic rings. The van der Waals surface area contributed by atoms with Gasteiger partial charge in [-0.2, -0.15) is 0 Å². The van der Waals surface area contributed by atoms with Crippen molar-refractivity contribution in [2.75, 3.05) is 26.8 Å². The highest BCUT2D eigenvalue weighted by Gasteiger charge is 2.00. The second-order valence-corrected chi connectivity index (χ2v) is 2.65. The summed E-state index contributed by atoms with van der Waals surface area (Å²) in [5.41, 5.74) is 0. The van der Waals surface area contributed by atoms with E-state index in [0.717, 1.165) is 6.54 Å². The first-order valence-corrected chi connectivity index (χ1v) is 3.59. The van der Waals surface area contributed by atoms with Gasteiger partial charge in [0.05, 0.1) is 12.8 Å². The Morgan fingerprint density at radius 3 is 2.60 bits per heavy atom. The van der Waals surface area contributed by atoms with E-state index in [9.17, 15) is 4.39 Å². The predicted molar refractivity (Wildman–Crippen MR) is 39.8 cm³/mol. The summed E-state index contributed by atoms with van der Waals surface area (Å²) in [6, 6.07) is 0. The Morgan fingerprint density at radius 1 is 1.60 bits per heavy atom. The predicted octanol–water partition coefficient (Wildman–Crippen LogP) is 0.659. The van der Waals surface area contributed by atoms with E-state index < -0.39 is 0 Å². The van der Waals surface area contributed by atoms with Crippen molar-refractivity contribution in [1.82, 2.24) is 4.90 Å². The van der Waals surface area contributed by atoms with Gasteiger partial charge in [-0.15, -0.1) is 0 Å². The van der Waals surface area contributed by atoms with E-state index in [0.29, 0.717) is 13.0 Å². The summed E-state index contributed by atoms with van der Waals surface area (Å²) in [7, 11) is 1.88. The van der Waals surface area contributed by atoms with E-state index in [2.05, 4.69) is 0 Å². The second-order valence-electron chi connectivity index (χ2n) is 2.65. The summed E-state index contributed by atoms with van der Waals surface area (Å²) in [5.74, 6) is 0. The molecule has 0 spiro atoms. The molecule has 0 saturated carbocycles. The van der Waals surface area contributed by atoms with Gasteiger partial charge in [0.15, 0.2) is 0 Å². The highest BCUT2D eigenvalue weighted by Crippen LogP contribution is 1.90. The van der Waals surface area contributed by atoms with Crippen LogP contribution in [-0.2, 0) is 0 Å². The van der Waals surface area contributed by atoms with Gasteiger partial charge in [-0.05, 0) is 20.4 Å². The van der Waals surface area contributed by atoms with Crippen LogP contribution in [0.15, 0.2) is 0 Å². The average Bonchev–Trinajstić information content (AvgIpc) is 1.82. The van der Waals surface area contributed by atoms with Gasteiger partial charge in [0.25, 0.3) is 0 Å². The molecule has 0 aromatic carbocycles. The van der Waals surface area contributed by atoms with Crippen molar-refractivity contribution < 1.29 is 9.50 Å². The summed E-state index contributed by atoms with van der Waals surface area (Å²) >= 11 is 0. The average molecular weight is 149 g/mol. The number of aliphatic hydroxyl groups is 1. The zero-order valence-electron chi connectivity index (χ0n) is 6.68. The fraction of sp³-hybridized carbons (Fsp3) is 1.00. The van der Waals surface area contributed by atoms with Crippen LogP contribution in [0.1, 0.15) is 13.3 Å². The highest BCUT2D eigenvalue weighted by molar-refractivity contribution is 4.55. The third-order valence-electron chi connectivity index (χ3n) is 1.25. The number of hydrogen-bond donors (Lipinski definition) is 1. The lowest BCUT2D eigenvalue weighted by molar-refractivity contribution is 0.139. The molecule has 0 aromatic heterocycles. The van der Waals surface area contributed by atoms with Gasteiger partial charge in [0.1, 0.15) is 0 Å². The Balaban J connectivity index is 3.16. The summed E-state index contributed by atoms with van der Waals surface area (Å²) < 4.78 is 11.6. The topological polar surface area (TPSA) is 23.5 Å². The number of aliphatic hydroxyl groups excluding tert-OH is 1. The van der Waals surface area contributed by atoms with Gasteiger partial charge >= 0.3 is 0 Å². The summed E-state index contributed by atoms with van der Waals surface area (Å²) in [6.45, 7) is 2.80. The van der Waals surface area contributed by atoms with Crippen molar-refractivity contribution in [1.29, 1.82) is 0 Å². The van der Waals surface area contributed by atoms with Crippen LogP contribution in [-0.4, -0.2) is 42.9 Å². The quantitative estimate of drug-likeness (QED) is 0.620. The number of hydrogen-bond acceptors (Lipinski definition) is 2. The second kappa shape index (κ2) is 5.62. The monoisotopic (exact) mass is 149 g/mol. The molecule has 1 atom stereocenters. The zero-order chi connectivity index (χ0) is 7.98. The molecule has 0 saturated heterocycles. The number of nitrogens with zero attached hydrogens (tertiary/aromatic N) is 1. The molecule has 0 bridgehead atoms. The lowest BCUT2D eigenvalue weighted by Crippen LogP contribution is -2.28. The number of halogens is 1. The van der Waals surface area contributed by atoms with Gasteiger partial charge in [-0.3, -0.25) is 4.39 Å². The van der Waals surface area contributed by atoms with Crippen LogP contribution in [0.5, 0.6) is 0 Å². The standard InChI is InChI=1S/C7H16FNO/c1-7(10)6-9(2)5-3-4-8/h7,10H,3-6H2,1-2H3.